The van der Waals surface area contributed by atoms with Crippen molar-refractivity contribution in [3.05, 3.63) is 24.3 Å². The van der Waals surface area contributed by atoms with E-state index >= 15 is 0 Å². The quantitative estimate of drug-likeness (QED) is 0.886. The van der Waals surface area contributed by atoms with Crippen LogP contribution in [0, 0.1) is 5.92 Å². The average Bonchev–Trinajstić information content (AvgIpc) is 2.47. The molecule has 2 aliphatic rings. The fourth-order valence-corrected chi connectivity index (χ4v) is 4.06. The molecule has 0 spiro atoms. The number of rotatable bonds is 3. The van der Waals surface area contributed by atoms with E-state index in [2.05, 4.69) is 11.4 Å². The molecule has 2 fully saturated rings. The van der Waals surface area contributed by atoms with E-state index in [1.807, 2.05) is 18.2 Å². The molecule has 110 valence electrons. The summed E-state index contributed by atoms with van der Waals surface area (Å²) in [7, 11) is 1.69. The van der Waals surface area contributed by atoms with Crippen LogP contribution in [-0.2, 0) is 0 Å². The van der Waals surface area contributed by atoms with Gasteiger partial charge in [0, 0.05) is 23.7 Å². The van der Waals surface area contributed by atoms with Crippen LogP contribution in [0.5, 0.6) is 5.75 Å². The minimum Gasteiger partial charge on any atom is -0.497 e. The van der Waals surface area contributed by atoms with Crippen molar-refractivity contribution in [2.24, 2.45) is 5.92 Å². The van der Waals surface area contributed by atoms with E-state index in [-0.39, 0.29) is 0 Å². The Bertz CT molecular complexity index is 458. The molecular formula is C17H25NO2. The number of methoxy groups -OCH3 is 1. The van der Waals surface area contributed by atoms with Gasteiger partial charge in [-0.05, 0) is 44.2 Å². The molecule has 3 nitrogen and oxygen atoms in total. The molecule has 3 heteroatoms. The molecule has 1 aromatic rings. The van der Waals surface area contributed by atoms with Gasteiger partial charge in [-0.15, -0.1) is 0 Å². The second kappa shape index (κ2) is 5.65. The molecule has 1 aromatic carbocycles. The molecule has 2 saturated carbocycles. The Morgan fingerprint density at radius 1 is 1.20 bits per heavy atom. The molecule has 0 saturated heterocycles. The summed E-state index contributed by atoms with van der Waals surface area (Å²) in [5, 5.41) is 14.5. The van der Waals surface area contributed by atoms with Gasteiger partial charge >= 0.3 is 0 Å². The second-order valence-electron chi connectivity index (χ2n) is 6.33. The molecule has 0 heterocycles. The normalized spacial score (nSPS) is 33.3. The maximum atomic E-state index is 10.9. The van der Waals surface area contributed by atoms with Gasteiger partial charge in [-0.25, -0.2) is 0 Å². The number of ether oxygens (including phenoxy) is 1. The monoisotopic (exact) mass is 275 g/mol. The van der Waals surface area contributed by atoms with Crippen LogP contribution in [-0.4, -0.2) is 23.9 Å². The first-order chi connectivity index (χ1) is 9.71. The number of fused-ring (bicyclic) bond motifs is 1. The van der Waals surface area contributed by atoms with Crippen molar-refractivity contribution in [2.75, 3.05) is 12.4 Å². The Hall–Kier alpha value is -1.22. The van der Waals surface area contributed by atoms with Crippen LogP contribution in [0.1, 0.15) is 44.9 Å². The molecule has 2 aliphatic carbocycles. The van der Waals surface area contributed by atoms with Crippen LogP contribution in [0.25, 0.3) is 0 Å². The maximum absolute atomic E-state index is 10.9. The van der Waals surface area contributed by atoms with E-state index in [9.17, 15) is 5.11 Å². The Morgan fingerprint density at radius 2 is 2.05 bits per heavy atom. The van der Waals surface area contributed by atoms with Gasteiger partial charge in [-0.1, -0.05) is 18.9 Å². The van der Waals surface area contributed by atoms with Crippen LogP contribution >= 0.6 is 0 Å². The van der Waals surface area contributed by atoms with Gasteiger partial charge in [0.1, 0.15) is 5.75 Å². The van der Waals surface area contributed by atoms with Gasteiger partial charge in [-0.2, -0.15) is 0 Å². The van der Waals surface area contributed by atoms with Crippen molar-refractivity contribution < 1.29 is 9.84 Å². The van der Waals surface area contributed by atoms with Gasteiger partial charge in [0.05, 0.1) is 12.7 Å². The lowest BCUT2D eigenvalue weighted by Gasteiger charge is -2.48. The van der Waals surface area contributed by atoms with Gasteiger partial charge < -0.3 is 15.2 Å². The number of hydrogen-bond donors (Lipinski definition) is 2. The third-order valence-corrected chi connectivity index (χ3v) is 5.10. The zero-order valence-corrected chi connectivity index (χ0v) is 12.3. The van der Waals surface area contributed by atoms with Crippen molar-refractivity contribution in [1.29, 1.82) is 0 Å². The lowest BCUT2D eigenvalue weighted by molar-refractivity contribution is -0.0793. The highest BCUT2D eigenvalue weighted by Gasteiger charge is 2.45. The number of anilines is 1. The highest BCUT2D eigenvalue weighted by atomic mass is 16.5. The molecule has 0 amide bonds. The molecule has 0 radical (unpaired) electrons. The van der Waals surface area contributed by atoms with Gasteiger partial charge in [0.2, 0.25) is 0 Å². The number of aliphatic hydroxyl groups is 1. The summed E-state index contributed by atoms with van der Waals surface area (Å²) in [4.78, 5) is 0. The first kappa shape index (κ1) is 13.7. The van der Waals surface area contributed by atoms with Crippen molar-refractivity contribution in [3.8, 4) is 5.75 Å². The Balaban J connectivity index is 1.75. The molecule has 2 N–H and O–H groups in total. The molecule has 0 aromatic heterocycles. The van der Waals surface area contributed by atoms with E-state index in [0.717, 1.165) is 43.5 Å². The maximum Gasteiger partial charge on any atom is 0.120 e. The summed E-state index contributed by atoms with van der Waals surface area (Å²) in [6.07, 6.45) is 7.82. The minimum absolute atomic E-state index is 0.390. The highest BCUT2D eigenvalue weighted by Crippen LogP contribution is 2.44. The number of nitrogens with one attached hydrogen (secondary N) is 1. The average molecular weight is 275 g/mol. The molecule has 3 rings (SSSR count). The van der Waals surface area contributed by atoms with E-state index in [4.69, 9.17) is 4.74 Å². The van der Waals surface area contributed by atoms with Crippen molar-refractivity contribution >= 4 is 5.69 Å². The molecule has 0 bridgehead atoms. The van der Waals surface area contributed by atoms with Crippen molar-refractivity contribution in [1.82, 2.24) is 0 Å². The molecule has 3 unspecified atom stereocenters. The van der Waals surface area contributed by atoms with E-state index in [1.165, 1.54) is 12.8 Å². The lowest BCUT2D eigenvalue weighted by atomic mass is 9.65. The van der Waals surface area contributed by atoms with Crippen molar-refractivity contribution in [2.45, 2.75) is 56.6 Å². The van der Waals surface area contributed by atoms with Crippen LogP contribution in [0.2, 0.25) is 0 Å². The standard InChI is InChI=1S/C17H25NO2/c1-20-14-7-4-6-13(12-14)18-16-9-5-11-17(19)10-3-2-8-15(16)17/h4,6-7,12,15-16,18-19H,2-3,5,8-11H2,1H3. The van der Waals surface area contributed by atoms with Gasteiger partial charge in [-0.3, -0.25) is 0 Å². The molecule has 3 atom stereocenters. The summed E-state index contributed by atoms with van der Waals surface area (Å²) >= 11 is 0. The topological polar surface area (TPSA) is 41.5 Å². The van der Waals surface area contributed by atoms with Crippen LogP contribution < -0.4 is 10.1 Å². The fourth-order valence-electron chi connectivity index (χ4n) is 4.06. The zero-order chi connectivity index (χ0) is 14.0. The molecule has 0 aliphatic heterocycles. The van der Waals surface area contributed by atoms with Crippen LogP contribution in [0.4, 0.5) is 5.69 Å². The molecular weight excluding hydrogens is 250 g/mol. The molecule has 20 heavy (non-hydrogen) atoms. The van der Waals surface area contributed by atoms with Crippen LogP contribution in [0.15, 0.2) is 24.3 Å². The SMILES string of the molecule is COc1cccc(NC2CCCC3(O)CCCCC23)c1. The Morgan fingerprint density at radius 3 is 2.90 bits per heavy atom. The summed E-state index contributed by atoms with van der Waals surface area (Å²) in [6, 6.07) is 8.48. The van der Waals surface area contributed by atoms with E-state index < -0.39 is 5.60 Å². The Kier molecular flexibility index (Phi) is 3.88. The van der Waals surface area contributed by atoms with E-state index in [1.54, 1.807) is 7.11 Å². The van der Waals surface area contributed by atoms with Crippen LogP contribution in [0.3, 0.4) is 0 Å². The summed E-state index contributed by atoms with van der Waals surface area (Å²) < 4.78 is 5.28. The lowest BCUT2D eigenvalue weighted by Crippen LogP contribution is -2.52. The third kappa shape index (κ3) is 2.64. The van der Waals surface area contributed by atoms with Gasteiger partial charge in [0.15, 0.2) is 0 Å². The van der Waals surface area contributed by atoms with Crippen molar-refractivity contribution in [3.63, 3.8) is 0 Å². The highest BCUT2D eigenvalue weighted by molar-refractivity contribution is 5.49. The second-order valence-corrected chi connectivity index (χ2v) is 6.33. The first-order valence-corrected chi connectivity index (χ1v) is 7.84. The fraction of sp³-hybridized carbons (Fsp3) is 0.647. The first-order valence-electron chi connectivity index (χ1n) is 7.84. The summed E-state index contributed by atoms with van der Waals surface area (Å²) in [5.74, 6) is 1.28. The predicted octanol–water partition coefficient (Wildman–Crippen LogP) is 3.58. The number of benzene rings is 1. The summed E-state index contributed by atoms with van der Waals surface area (Å²) in [5.41, 5.74) is 0.678. The third-order valence-electron chi connectivity index (χ3n) is 5.10. The zero-order valence-electron chi connectivity index (χ0n) is 12.3. The largest absolute Gasteiger partial charge is 0.497 e. The van der Waals surface area contributed by atoms with Gasteiger partial charge in [0.25, 0.3) is 0 Å². The summed E-state index contributed by atoms with van der Waals surface area (Å²) in [6.45, 7) is 0. The predicted molar refractivity (Wildman–Crippen MR) is 81.2 cm³/mol. The Labute approximate surface area is 121 Å². The minimum atomic E-state index is -0.424. The number of hydrogen-bond acceptors (Lipinski definition) is 3. The van der Waals surface area contributed by atoms with E-state index in [0.29, 0.717) is 12.0 Å². The smallest absolute Gasteiger partial charge is 0.120 e.